The standard InChI is InChI=1S/C37H61NO7/c1-6-8-10-12-14-16-17-18-20-21-23-25-27-35(39)44-32-33(31-43-30-29-34(37(41)42)38(3,4)5)45-36(40)28-26-24-22-19-15-13-11-9-7-2/h8-11,14-16,19,24,26,33-34H,6-7,12-13,17-18,20-23,25,27-32H2,1-5H3/b10-8+,11-9+,16-14+,19-15+,26-24+. The van der Waals surface area contributed by atoms with Crippen molar-refractivity contribution < 1.29 is 38.2 Å². The highest BCUT2D eigenvalue weighted by Crippen LogP contribution is 2.10. The molecule has 2 unspecified atom stereocenters. The summed E-state index contributed by atoms with van der Waals surface area (Å²) >= 11 is 0. The summed E-state index contributed by atoms with van der Waals surface area (Å²) in [5, 5.41) is 11.5. The van der Waals surface area contributed by atoms with Crippen LogP contribution in [0.2, 0.25) is 0 Å². The first-order chi connectivity index (χ1) is 21.6. The summed E-state index contributed by atoms with van der Waals surface area (Å²) in [6, 6.07) is -0.741. The fourth-order valence-electron chi connectivity index (χ4n) is 4.34. The first-order valence-corrected chi connectivity index (χ1v) is 16.8. The van der Waals surface area contributed by atoms with Crippen molar-refractivity contribution in [3.05, 3.63) is 60.8 Å². The van der Waals surface area contributed by atoms with Crippen LogP contribution in [-0.2, 0) is 28.6 Å². The Morgan fingerprint density at radius 2 is 1.24 bits per heavy atom. The van der Waals surface area contributed by atoms with Gasteiger partial charge in [-0.3, -0.25) is 9.59 Å². The van der Waals surface area contributed by atoms with Crippen LogP contribution >= 0.6 is 0 Å². The van der Waals surface area contributed by atoms with E-state index >= 15 is 0 Å². The number of carboxylic acids is 1. The van der Waals surface area contributed by atoms with Gasteiger partial charge in [0.05, 0.1) is 46.7 Å². The van der Waals surface area contributed by atoms with Crippen LogP contribution in [0, 0.1) is 0 Å². The Bertz CT molecular complexity index is 928. The Kier molecular flexibility index (Phi) is 26.6. The molecule has 0 aromatic heterocycles. The van der Waals surface area contributed by atoms with Gasteiger partial charge in [0, 0.05) is 12.8 Å². The van der Waals surface area contributed by atoms with Crippen LogP contribution in [-0.4, -0.2) is 75.5 Å². The number of aliphatic carboxylic acids is 1. The van der Waals surface area contributed by atoms with Crippen LogP contribution < -0.4 is 5.11 Å². The van der Waals surface area contributed by atoms with Crippen molar-refractivity contribution in [2.24, 2.45) is 0 Å². The van der Waals surface area contributed by atoms with E-state index in [-0.39, 0.29) is 43.1 Å². The molecule has 0 aliphatic carbocycles. The number of unbranched alkanes of at least 4 members (excludes halogenated alkanes) is 5. The maximum absolute atomic E-state index is 12.5. The van der Waals surface area contributed by atoms with Crippen molar-refractivity contribution in [3.8, 4) is 0 Å². The minimum Gasteiger partial charge on any atom is -0.544 e. The van der Waals surface area contributed by atoms with Crippen molar-refractivity contribution >= 4 is 17.9 Å². The van der Waals surface area contributed by atoms with E-state index < -0.39 is 24.1 Å². The maximum Gasteiger partial charge on any atom is 0.310 e. The van der Waals surface area contributed by atoms with E-state index in [0.717, 1.165) is 70.6 Å². The number of carbonyl (C=O) groups excluding carboxylic acids is 3. The molecule has 0 saturated heterocycles. The average Bonchev–Trinajstić information content (AvgIpc) is 2.98. The number of nitrogens with zero attached hydrogens (tertiary/aromatic N) is 1. The second kappa shape index (κ2) is 28.5. The van der Waals surface area contributed by atoms with E-state index in [1.807, 2.05) is 12.2 Å². The number of carboxylic acid groups (broad SMARTS) is 1. The molecule has 0 heterocycles. The third kappa shape index (κ3) is 27.1. The highest BCUT2D eigenvalue weighted by molar-refractivity contribution is 5.71. The molecule has 0 aliphatic heterocycles. The van der Waals surface area contributed by atoms with E-state index in [9.17, 15) is 19.5 Å². The van der Waals surface area contributed by atoms with Gasteiger partial charge in [0.15, 0.2) is 6.10 Å². The molecule has 0 radical (unpaired) electrons. The summed E-state index contributed by atoms with van der Waals surface area (Å²) in [5.74, 6) is -1.92. The molecular formula is C37H61NO7. The monoisotopic (exact) mass is 631 g/mol. The summed E-state index contributed by atoms with van der Waals surface area (Å²) < 4.78 is 16.8. The predicted molar refractivity (Wildman–Crippen MR) is 180 cm³/mol. The van der Waals surface area contributed by atoms with Gasteiger partial charge in [-0.05, 0) is 51.4 Å². The minimum atomic E-state index is -1.14. The molecule has 0 fully saturated rings. The smallest absolute Gasteiger partial charge is 0.310 e. The zero-order valence-corrected chi connectivity index (χ0v) is 28.8. The van der Waals surface area contributed by atoms with Gasteiger partial charge in [0.1, 0.15) is 12.6 Å². The number of likely N-dealkylation sites (N-methyl/N-ethyl adjacent to an activating group) is 1. The number of carbonyl (C=O) groups is 3. The first-order valence-electron chi connectivity index (χ1n) is 16.8. The maximum atomic E-state index is 12.5. The molecule has 8 heteroatoms. The summed E-state index contributed by atoms with van der Waals surface area (Å²) in [6.07, 6.45) is 31.5. The third-order valence-electron chi connectivity index (χ3n) is 6.93. The Labute approximate surface area is 273 Å². The fraction of sp³-hybridized carbons (Fsp3) is 0.649. The van der Waals surface area contributed by atoms with Crippen LogP contribution in [0.5, 0.6) is 0 Å². The number of hydrogen-bond acceptors (Lipinski definition) is 7. The first kappa shape index (κ1) is 42.0. The number of quaternary nitrogens is 1. The summed E-state index contributed by atoms with van der Waals surface area (Å²) in [7, 11) is 5.34. The highest BCUT2D eigenvalue weighted by Gasteiger charge is 2.25. The number of esters is 2. The molecule has 2 atom stereocenters. The zero-order chi connectivity index (χ0) is 33.6. The molecule has 0 amide bonds. The van der Waals surface area contributed by atoms with Crippen LogP contribution in [0.15, 0.2) is 60.8 Å². The van der Waals surface area contributed by atoms with Crippen LogP contribution in [0.3, 0.4) is 0 Å². The predicted octanol–water partition coefficient (Wildman–Crippen LogP) is 6.56. The molecule has 0 aliphatic rings. The Balaban J connectivity index is 4.60. The van der Waals surface area contributed by atoms with E-state index in [4.69, 9.17) is 14.2 Å². The lowest BCUT2D eigenvalue weighted by molar-refractivity contribution is -0.889. The number of hydrogen-bond donors (Lipinski definition) is 0. The van der Waals surface area contributed by atoms with Gasteiger partial charge < -0.3 is 28.6 Å². The fourth-order valence-corrected chi connectivity index (χ4v) is 4.34. The van der Waals surface area contributed by atoms with E-state index in [2.05, 4.69) is 56.4 Å². The lowest BCUT2D eigenvalue weighted by Crippen LogP contribution is -2.55. The summed E-state index contributed by atoms with van der Waals surface area (Å²) in [6.45, 7) is 4.26. The van der Waals surface area contributed by atoms with Crippen molar-refractivity contribution in [1.82, 2.24) is 0 Å². The Hall–Kier alpha value is -2.97. The molecule has 0 aromatic carbocycles. The molecule has 0 bridgehead atoms. The van der Waals surface area contributed by atoms with E-state index in [0.29, 0.717) is 6.42 Å². The normalized spacial score (nSPS) is 13.9. The Morgan fingerprint density at radius 3 is 1.84 bits per heavy atom. The summed E-state index contributed by atoms with van der Waals surface area (Å²) in [5.41, 5.74) is 0. The molecular weight excluding hydrogens is 570 g/mol. The van der Waals surface area contributed by atoms with Gasteiger partial charge in [0.2, 0.25) is 0 Å². The molecule has 45 heavy (non-hydrogen) atoms. The molecule has 0 saturated carbocycles. The van der Waals surface area contributed by atoms with Crippen molar-refractivity contribution in [1.29, 1.82) is 0 Å². The second-order valence-corrected chi connectivity index (χ2v) is 12.0. The third-order valence-corrected chi connectivity index (χ3v) is 6.93. The Morgan fingerprint density at radius 1 is 0.689 bits per heavy atom. The van der Waals surface area contributed by atoms with Crippen LogP contribution in [0.25, 0.3) is 0 Å². The number of allylic oxidation sites excluding steroid dienone is 9. The van der Waals surface area contributed by atoms with Crippen LogP contribution in [0.1, 0.15) is 104 Å². The van der Waals surface area contributed by atoms with Gasteiger partial charge in [-0.1, -0.05) is 93.9 Å². The molecule has 0 aromatic rings. The van der Waals surface area contributed by atoms with E-state index in [1.165, 1.54) is 0 Å². The molecule has 0 spiro atoms. The van der Waals surface area contributed by atoms with E-state index in [1.54, 1.807) is 27.2 Å². The average molecular weight is 632 g/mol. The van der Waals surface area contributed by atoms with Gasteiger partial charge >= 0.3 is 11.9 Å². The molecule has 256 valence electrons. The topological polar surface area (TPSA) is 102 Å². The van der Waals surface area contributed by atoms with Crippen LogP contribution in [0.4, 0.5) is 0 Å². The molecule has 0 rings (SSSR count). The lowest BCUT2D eigenvalue weighted by atomic mass is 10.1. The minimum absolute atomic E-state index is 0.00298. The zero-order valence-electron chi connectivity index (χ0n) is 28.8. The quantitative estimate of drug-likeness (QED) is 0.0417. The van der Waals surface area contributed by atoms with Gasteiger partial charge in [-0.2, -0.15) is 0 Å². The van der Waals surface area contributed by atoms with Gasteiger partial charge in [-0.15, -0.1) is 0 Å². The highest BCUT2D eigenvalue weighted by atomic mass is 16.6. The number of rotatable bonds is 28. The largest absolute Gasteiger partial charge is 0.544 e. The van der Waals surface area contributed by atoms with Crippen molar-refractivity contribution in [2.75, 3.05) is 41.0 Å². The second-order valence-electron chi connectivity index (χ2n) is 12.0. The van der Waals surface area contributed by atoms with Gasteiger partial charge in [-0.25, -0.2) is 0 Å². The van der Waals surface area contributed by atoms with Gasteiger partial charge in [0.25, 0.3) is 0 Å². The van der Waals surface area contributed by atoms with Crippen molar-refractivity contribution in [3.63, 3.8) is 0 Å². The number of ether oxygens (including phenoxy) is 3. The molecule has 8 nitrogen and oxygen atoms in total. The SMILES string of the molecule is CC/C=C/C/C=C/C/C=C/CC(=O)OC(COCCC(C(=O)[O-])[N+](C)(C)C)COC(=O)CCCCCCC/C=C/C/C=C/CC. The van der Waals surface area contributed by atoms with Crippen molar-refractivity contribution in [2.45, 2.75) is 116 Å². The lowest BCUT2D eigenvalue weighted by Gasteiger charge is -2.34. The molecule has 0 N–H and O–H groups in total. The summed E-state index contributed by atoms with van der Waals surface area (Å²) in [4.78, 5) is 36.4.